The van der Waals surface area contributed by atoms with Crippen LogP contribution in [0.15, 0.2) is 53.5 Å². The smallest absolute Gasteiger partial charge is 0.242 e. The predicted molar refractivity (Wildman–Crippen MR) is 104 cm³/mol. The minimum Gasteiger partial charge on any atom is -0.497 e. The lowest BCUT2D eigenvalue weighted by Crippen LogP contribution is -2.30. The molecule has 0 aromatic heterocycles. The van der Waals surface area contributed by atoms with Gasteiger partial charge < -0.3 is 10.1 Å². The fourth-order valence-corrected chi connectivity index (χ4v) is 3.63. The van der Waals surface area contributed by atoms with Gasteiger partial charge in [-0.15, -0.1) is 0 Å². The molecule has 0 radical (unpaired) electrons. The molecule has 0 saturated carbocycles. The number of carbonyl (C=O) groups excluding carboxylic acids is 2. The molecular weight excluding hydrogens is 369 g/mol. The molecule has 0 spiro atoms. The number of hydrogen-bond donors (Lipinski definition) is 1. The van der Waals surface area contributed by atoms with Crippen molar-refractivity contribution in [2.45, 2.75) is 11.7 Å². The molecule has 0 bridgehead atoms. The van der Waals surface area contributed by atoms with E-state index >= 15 is 0 Å². The number of benzene rings is 2. The summed E-state index contributed by atoms with van der Waals surface area (Å²) < 4.78 is 18.0. The number of methoxy groups -OCH3 is 1. The van der Waals surface area contributed by atoms with E-state index in [4.69, 9.17) is 4.74 Å². The van der Waals surface area contributed by atoms with Gasteiger partial charge in [0.05, 0.1) is 12.8 Å². The molecule has 1 aliphatic rings. The number of hydrogen-bond acceptors (Lipinski definition) is 5. The summed E-state index contributed by atoms with van der Waals surface area (Å²) in [6, 6.07) is 12.6. The normalized spacial score (nSPS) is 18.0. The summed E-state index contributed by atoms with van der Waals surface area (Å²) in [5, 5.41) is 2.65. The van der Waals surface area contributed by atoms with Crippen molar-refractivity contribution in [1.82, 2.24) is 4.90 Å². The molecule has 2 aromatic carbocycles. The Hall–Kier alpha value is -2.87. The molecule has 140 valence electrons. The van der Waals surface area contributed by atoms with Gasteiger partial charge in [0, 0.05) is 19.2 Å². The van der Waals surface area contributed by atoms with Crippen LogP contribution in [0.2, 0.25) is 0 Å². The van der Waals surface area contributed by atoms with Crippen molar-refractivity contribution < 1.29 is 18.7 Å². The van der Waals surface area contributed by atoms with Crippen molar-refractivity contribution in [1.29, 1.82) is 0 Å². The molecule has 2 amide bonds. The number of halogens is 1. The second-order valence-electron chi connectivity index (χ2n) is 5.86. The van der Waals surface area contributed by atoms with E-state index in [-0.39, 0.29) is 24.1 Å². The number of amides is 2. The van der Waals surface area contributed by atoms with Gasteiger partial charge in [-0.1, -0.05) is 11.8 Å². The van der Waals surface area contributed by atoms with Crippen LogP contribution in [0.3, 0.4) is 0 Å². The quantitative estimate of drug-likeness (QED) is 0.853. The number of rotatable bonds is 5. The maximum Gasteiger partial charge on any atom is 0.242 e. The first-order valence-corrected chi connectivity index (χ1v) is 9.06. The highest BCUT2D eigenvalue weighted by Crippen LogP contribution is 2.31. The van der Waals surface area contributed by atoms with Crippen LogP contribution in [-0.4, -0.2) is 41.3 Å². The second-order valence-corrected chi connectivity index (χ2v) is 7.03. The van der Waals surface area contributed by atoms with Crippen molar-refractivity contribution >= 4 is 40.1 Å². The number of amidine groups is 1. The lowest BCUT2D eigenvalue weighted by Gasteiger charge is -2.09. The van der Waals surface area contributed by atoms with Gasteiger partial charge in [0.1, 0.15) is 16.8 Å². The highest BCUT2D eigenvalue weighted by molar-refractivity contribution is 8.15. The van der Waals surface area contributed by atoms with Gasteiger partial charge in [0.15, 0.2) is 5.17 Å². The van der Waals surface area contributed by atoms with Crippen molar-refractivity contribution in [2.75, 3.05) is 19.5 Å². The molecule has 1 fully saturated rings. The number of thioether (sulfide) groups is 1. The number of anilines is 1. The highest BCUT2D eigenvalue weighted by Gasteiger charge is 2.36. The fourth-order valence-electron chi connectivity index (χ4n) is 2.48. The molecule has 1 heterocycles. The van der Waals surface area contributed by atoms with E-state index < -0.39 is 5.25 Å². The third kappa shape index (κ3) is 4.65. The molecule has 1 atom stereocenters. The van der Waals surface area contributed by atoms with E-state index in [1.54, 1.807) is 38.4 Å². The van der Waals surface area contributed by atoms with E-state index in [1.165, 1.54) is 40.9 Å². The average molecular weight is 387 g/mol. The molecule has 8 heteroatoms. The predicted octanol–water partition coefficient (Wildman–Crippen LogP) is 3.42. The van der Waals surface area contributed by atoms with Crippen LogP contribution in [-0.2, 0) is 9.59 Å². The van der Waals surface area contributed by atoms with E-state index in [0.29, 0.717) is 16.5 Å². The minimum absolute atomic E-state index is 0.00679. The maximum absolute atomic E-state index is 12.9. The van der Waals surface area contributed by atoms with E-state index in [2.05, 4.69) is 10.3 Å². The summed E-state index contributed by atoms with van der Waals surface area (Å²) in [5.74, 6) is -0.151. The van der Waals surface area contributed by atoms with Gasteiger partial charge in [-0.2, -0.15) is 0 Å². The standard InChI is InChI=1S/C19H18FN3O3S/c1-23-18(25)16(11-17(24)21-13-5-3-12(20)4-6-13)27-19(23)22-14-7-9-15(26-2)10-8-14/h3-10,16H,11H2,1-2H3,(H,21,24)/t16-/m0/s1. The summed E-state index contributed by atoms with van der Waals surface area (Å²) in [7, 11) is 3.22. The number of nitrogens with zero attached hydrogens (tertiary/aromatic N) is 2. The van der Waals surface area contributed by atoms with Crippen molar-refractivity contribution in [3.05, 3.63) is 54.3 Å². The molecule has 1 aliphatic heterocycles. The molecule has 27 heavy (non-hydrogen) atoms. The number of aliphatic imine (C=N–C) groups is 1. The molecule has 2 aromatic rings. The Labute approximate surface area is 160 Å². The number of ether oxygens (including phenoxy) is 1. The molecule has 1 N–H and O–H groups in total. The summed E-state index contributed by atoms with van der Waals surface area (Å²) in [5.41, 5.74) is 1.17. The molecule has 0 aliphatic carbocycles. The fraction of sp³-hybridized carbons (Fsp3) is 0.211. The zero-order chi connectivity index (χ0) is 19.4. The SMILES string of the molecule is COc1ccc(N=C2S[C@@H](CC(=O)Nc3ccc(F)cc3)C(=O)N2C)cc1. The van der Waals surface area contributed by atoms with Crippen LogP contribution >= 0.6 is 11.8 Å². The molecule has 3 rings (SSSR count). The minimum atomic E-state index is -0.549. The zero-order valence-electron chi connectivity index (χ0n) is 14.8. The summed E-state index contributed by atoms with van der Waals surface area (Å²) in [6.07, 6.45) is 0.00679. The molecule has 6 nitrogen and oxygen atoms in total. The Morgan fingerprint density at radius 1 is 1.22 bits per heavy atom. The Morgan fingerprint density at radius 2 is 1.89 bits per heavy atom. The van der Waals surface area contributed by atoms with Crippen molar-refractivity contribution in [2.24, 2.45) is 4.99 Å². The van der Waals surface area contributed by atoms with Crippen LogP contribution in [0.4, 0.5) is 15.8 Å². The lowest BCUT2D eigenvalue weighted by molar-refractivity contribution is -0.127. The van der Waals surface area contributed by atoms with Crippen LogP contribution in [0.5, 0.6) is 5.75 Å². The topological polar surface area (TPSA) is 71.0 Å². The van der Waals surface area contributed by atoms with Gasteiger partial charge in [-0.3, -0.25) is 14.5 Å². The first-order valence-electron chi connectivity index (χ1n) is 8.18. The largest absolute Gasteiger partial charge is 0.497 e. The van der Waals surface area contributed by atoms with Gasteiger partial charge in [-0.25, -0.2) is 9.38 Å². The molecular formula is C19H18FN3O3S. The van der Waals surface area contributed by atoms with Crippen LogP contribution in [0.1, 0.15) is 6.42 Å². The first kappa shape index (κ1) is 18.9. The number of carbonyl (C=O) groups is 2. The van der Waals surface area contributed by atoms with Crippen LogP contribution in [0.25, 0.3) is 0 Å². The monoisotopic (exact) mass is 387 g/mol. The van der Waals surface area contributed by atoms with Crippen LogP contribution < -0.4 is 10.1 Å². The van der Waals surface area contributed by atoms with Crippen molar-refractivity contribution in [3.63, 3.8) is 0 Å². The van der Waals surface area contributed by atoms with Gasteiger partial charge in [0.25, 0.3) is 0 Å². The summed E-state index contributed by atoms with van der Waals surface area (Å²) in [6.45, 7) is 0. The Bertz CT molecular complexity index is 869. The van der Waals surface area contributed by atoms with Crippen molar-refractivity contribution in [3.8, 4) is 5.75 Å². The van der Waals surface area contributed by atoms with E-state index in [0.717, 1.165) is 5.75 Å². The third-order valence-electron chi connectivity index (χ3n) is 3.94. The van der Waals surface area contributed by atoms with E-state index in [1.807, 2.05) is 0 Å². The average Bonchev–Trinajstić information content (AvgIpc) is 2.92. The summed E-state index contributed by atoms with van der Waals surface area (Å²) >= 11 is 1.25. The Balaban J connectivity index is 1.65. The Kier molecular flexibility index (Phi) is 5.75. The zero-order valence-corrected chi connectivity index (χ0v) is 15.6. The first-order chi connectivity index (χ1) is 13.0. The van der Waals surface area contributed by atoms with Gasteiger partial charge in [-0.05, 0) is 48.5 Å². The summed E-state index contributed by atoms with van der Waals surface area (Å²) in [4.78, 5) is 30.5. The van der Waals surface area contributed by atoms with Gasteiger partial charge >= 0.3 is 0 Å². The second kappa shape index (κ2) is 8.22. The molecule has 1 saturated heterocycles. The van der Waals surface area contributed by atoms with E-state index in [9.17, 15) is 14.0 Å². The number of nitrogens with one attached hydrogen (secondary N) is 1. The third-order valence-corrected chi connectivity index (χ3v) is 5.17. The Morgan fingerprint density at radius 3 is 2.52 bits per heavy atom. The molecule has 0 unspecified atom stereocenters. The highest BCUT2D eigenvalue weighted by atomic mass is 32.2. The maximum atomic E-state index is 12.9. The van der Waals surface area contributed by atoms with Gasteiger partial charge in [0.2, 0.25) is 11.8 Å². The van der Waals surface area contributed by atoms with Crippen LogP contribution in [0, 0.1) is 5.82 Å². The lowest BCUT2D eigenvalue weighted by atomic mass is 10.2.